The van der Waals surface area contributed by atoms with Crippen LogP contribution in [0.3, 0.4) is 0 Å². The minimum Gasteiger partial charge on any atom is -0.483 e. The summed E-state index contributed by atoms with van der Waals surface area (Å²) >= 11 is 3.50. The highest BCUT2D eigenvalue weighted by atomic mass is 79.9. The third-order valence-corrected chi connectivity index (χ3v) is 5.12. The summed E-state index contributed by atoms with van der Waals surface area (Å²) in [7, 11) is 0. The molecule has 0 aliphatic carbocycles. The van der Waals surface area contributed by atoms with Gasteiger partial charge >= 0.3 is 0 Å². The van der Waals surface area contributed by atoms with Crippen LogP contribution >= 0.6 is 15.9 Å². The number of aromatic nitrogens is 2. The highest BCUT2D eigenvalue weighted by Crippen LogP contribution is 2.26. The molecule has 0 radical (unpaired) electrons. The zero-order chi connectivity index (χ0) is 20.8. The Kier molecular flexibility index (Phi) is 7.04. The minimum absolute atomic E-state index is 0.0379. The third-order valence-electron chi connectivity index (χ3n) is 4.51. The van der Waals surface area contributed by atoms with E-state index < -0.39 is 0 Å². The lowest BCUT2D eigenvalue weighted by atomic mass is 10.2. The lowest BCUT2D eigenvalue weighted by Gasteiger charge is -2.25. The Hall–Kier alpha value is -2.67. The first kappa shape index (κ1) is 21.0. The van der Waals surface area contributed by atoms with Crippen LogP contribution in [0.1, 0.15) is 32.2 Å². The molecule has 0 saturated heterocycles. The van der Waals surface area contributed by atoms with Gasteiger partial charge in [0.1, 0.15) is 12.3 Å². The van der Waals surface area contributed by atoms with E-state index in [1.165, 1.54) is 5.56 Å². The number of nitrogens with zero attached hydrogens (tertiary/aromatic N) is 3. The van der Waals surface area contributed by atoms with E-state index in [9.17, 15) is 4.79 Å². The Morgan fingerprint density at radius 2 is 1.97 bits per heavy atom. The van der Waals surface area contributed by atoms with Gasteiger partial charge in [-0.3, -0.25) is 4.79 Å². The van der Waals surface area contributed by atoms with Crippen LogP contribution in [-0.4, -0.2) is 33.6 Å². The minimum atomic E-state index is -0.147. The van der Waals surface area contributed by atoms with Crippen molar-refractivity contribution in [3.05, 3.63) is 64.5 Å². The lowest BCUT2D eigenvalue weighted by Crippen LogP contribution is -2.39. The molecule has 0 N–H and O–H groups in total. The lowest BCUT2D eigenvalue weighted by molar-refractivity contribution is -0.136. The van der Waals surface area contributed by atoms with Crippen molar-refractivity contribution in [2.45, 2.75) is 39.8 Å². The molecule has 0 spiro atoms. The van der Waals surface area contributed by atoms with Crippen LogP contribution < -0.4 is 4.74 Å². The molecule has 29 heavy (non-hydrogen) atoms. The second kappa shape index (κ2) is 9.69. The van der Waals surface area contributed by atoms with Crippen LogP contribution in [0.4, 0.5) is 0 Å². The van der Waals surface area contributed by atoms with Crippen LogP contribution in [0.2, 0.25) is 0 Å². The van der Waals surface area contributed by atoms with Gasteiger partial charge in [0.05, 0.1) is 4.47 Å². The van der Waals surface area contributed by atoms with Gasteiger partial charge in [0, 0.05) is 11.6 Å². The van der Waals surface area contributed by atoms with Crippen LogP contribution in [0.15, 0.2) is 57.5 Å². The summed E-state index contributed by atoms with van der Waals surface area (Å²) < 4.78 is 11.9. The maximum atomic E-state index is 12.8. The molecule has 0 saturated carbocycles. The molecule has 0 aliphatic heterocycles. The quantitative estimate of drug-likeness (QED) is 0.482. The monoisotopic (exact) mass is 457 g/mol. The summed E-state index contributed by atoms with van der Waals surface area (Å²) in [6, 6.07) is 15.4. The number of benzene rings is 2. The number of amides is 1. The number of halogens is 1. The number of hydrogen-bond donors (Lipinski definition) is 0. The zero-order valence-corrected chi connectivity index (χ0v) is 18.3. The fourth-order valence-corrected chi connectivity index (χ4v) is 3.37. The van der Waals surface area contributed by atoms with Gasteiger partial charge < -0.3 is 14.2 Å². The van der Waals surface area contributed by atoms with Crippen molar-refractivity contribution in [2.75, 3.05) is 6.61 Å². The predicted molar refractivity (Wildman–Crippen MR) is 114 cm³/mol. The molecule has 0 unspecified atom stereocenters. The van der Waals surface area contributed by atoms with E-state index in [2.05, 4.69) is 33.0 Å². The Bertz CT molecular complexity index is 957. The molecule has 3 aromatic rings. The van der Waals surface area contributed by atoms with E-state index >= 15 is 0 Å². The first-order chi connectivity index (χ1) is 14.0. The average molecular weight is 458 g/mol. The van der Waals surface area contributed by atoms with Crippen LogP contribution in [0, 0.1) is 0 Å². The van der Waals surface area contributed by atoms with Gasteiger partial charge in [0.15, 0.2) is 6.61 Å². The van der Waals surface area contributed by atoms with Gasteiger partial charge in [-0.05, 0) is 53.9 Å². The maximum Gasteiger partial charge on any atom is 0.261 e. The van der Waals surface area contributed by atoms with Crippen molar-refractivity contribution in [2.24, 2.45) is 0 Å². The van der Waals surface area contributed by atoms with Crippen molar-refractivity contribution in [1.82, 2.24) is 15.0 Å². The average Bonchev–Trinajstić information content (AvgIpc) is 3.20. The van der Waals surface area contributed by atoms with E-state index in [-0.39, 0.29) is 25.1 Å². The first-order valence-corrected chi connectivity index (χ1v) is 10.4. The summed E-state index contributed by atoms with van der Waals surface area (Å²) in [4.78, 5) is 18.8. The molecule has 1 amide bonds. The normalized spacial score (nSPS) is 10.9. The molecule has 1 heterocycles. The van der Waals surface area contributed by atoms with Crippen molar-refractivity contribution in [3.8, 4) is 17.1 Å². The second-order valence-corrected chi connectivity index (χ2v) is 7.75. The Balaban J connectivity index is 1.65. The number of carbonyl (C=O) groups excluding carboxylic acids is 1. The zero-order valence-electron chi connectivity index (χ0n) is 16.8. The molecular weight excluding hydrogens is 434 g/mol. The standard InChI is InChI=1S/C22H24BrN3O3/c1-4-16-10-11-19(18(23)12-16)28-14-21(27)26(15(2)3)13-20-24-22(25-29-20)17-8-6-5-7-9-17/h5-12,15H,4,13-14H2,1-3H3. The molecule has 0 fully saturated rings. The van der Waals surface area contributed by atoms with Gasteiger partial charge in [-0.2, -0.15) is 4.98 Å². The Labute approximate surface area is 179 Å². The molecule has 0 aliphatic rings. The number of aryl methyl sites for hydroxylation is 1. The molecule has 0 bridgehead atoms. The van der Waals surface area contributed by atoms with Gasteiger partial charge in [0.25, 0.3) is 5.91 Å². The topological polar surface area (TPSA) is 68.5 Å². The second-order valence-electron chi connectivity index (χ2n) is 6.90. The Morgan fingerprint density at radius 3 is 2.62 bits per heavy atom. The summed E-state index contributed by atoms with van der Waals surface area (Å²) in [6.07, 6.45) is 0.939. The molecule has 7 heteroatoms. The van der Waals surface area contributed by atoms with Crippen molar-refractivity contribution < 1.29 is 14.1 Å². The SMILES string of the molecule is CCc1ccc(OCC(=O)N(Cc2nc(-c3ccccc3)no2)C(C)C)c(Br)c1. The van der Waals surface area contributed by atoms with Gasteiger partial charge in [-0.25, -0.2) is 0 Å². The number of rotatable bonds is 8. The summed E-state index contributed by atoms with van der Waals surface area (Å²) in [5.74, 6) is 1.39. The van der Waals surface area contributed by atoms with Crippen LogP contribution in [-0.2, 0) is 17.8 Å². The summed E-state index contributed by atoms with van der Waals surface area (Å²) in [5.41, 5.74) is 2.07. The number of carbonyl (C=O) groups is 1. The van der Waals surface area contributed by atoms with Crippen molar-refractivity contribution in [3.63, 3.8) is 0 Å². The van der Waals surface area contributed by atoms with E-state index in [1.54, 1.807) is 4.90 Å². The molecular formula is C22H24BrN3O3. The van der Waals surface area contributed by atoms with Crippen LogP contribution in [0.25, 0.3) is 11.4 Å². The van der Waals surface area contributed by atoms with Crippen molar-refractivity contribution >= 4 is 21.8 Å². The van der Waals surface area contributed by atoms with Gasteiger partial charge in [-0.1, -0.05) is 48.5 Å². The van der Waals surface area contributed by atoms with E-state index in [1.807, 2.05) is 62.4 Å². The summed E-state index contributed by atoms with van der Waals surface area (Å²) in [5, 5.41) is 4.02. The molecule has 1 aromatic heterocycles. The van der Waals surface area contributed by atoms with E-state index in [0.717, 1.165) is 16.5 Å². The molecule has 0 atom stereocenters. The maximum absolute atomic E-state index is 12.8. The smallest absolute Gasteiger partial charge is 0.261 e. The van der Waals surface area contributed by atoms with Crippen LogP contribution in [0.5, 0.6) is 5.75 Å². The fraction of sp³-hybridized carbons (Fsp3) is 0.318. The molecule has 6 nitrogen and oxygen atoms in total. The Morgan fingerprint density at radius 1 is 1.21 bits per heavy atom. The molecule has 3 rings (SSSR count). The highest BCUT2D eigenvalue weighted by Gasteiger charge is 2.21. The summed E-state index contributed by atoms with van der Waals surface area (Å²) in [6.45, 7) is 6.14. The van der Waals surface area contributed by atoms with E-state index in [4.69, 9.17) is 9.26 Å². The number of hydrogen-bond acceptors (Lipinski definition) is 5. The predicted octanol–water partition coefficient (Wildman–Crippen LogP) is 4.88. The van der Waals surface area contributed by atoms with Crippen molar-refractivity contribution in [1.29, 1.82) is 0 Å². The largest absolute Gasteiger partial charge is 0.483 e. The van der Waals surface area contributed by atoms with E-state index in [0.29, 0.717) is 17.5 Å². The number of ether oxygens (including phenoxy) is 1. The highest BCUT2D eigenvalue weighted by molar-refractivity contribution is 9.10. The van der Waals surface area contributed by atoms with Gasteiger partial charge in [-0.15, -0.1) is 0 Å². The molecule has 152 valence electrons. The molecule has 2 aromatic carbocycles. The first-order valence-electron chi connectivity index (χ1n) is 9.56. The van der Waals surface area contributed by atoms with Gasteiger partial charge in [0.2, 0.25) is 11.7 Å². The fourth-order valence-electron chi connectivity index (χ4n) is 2.83. The third kappa shape index (κ3) is 5.44.